The summed E-state index contributed by atoms with van der Waals surface area (Å²) in [4.78, 5) is 16.3. The zero-order chi connectivity index (χ0) is 12.7. The molecular formula is C14H20NO2+. The molecule has 0 spiro atoms. The van der Waals surface area contributed by atoms with Crippen LogP contribution in [0, 0.1) is 0 Å². The van der Waals surface area contributed by atoms with Crippen LogP contribution in [0.25, 0.3) is 0 Å². The Balaban J connectivity index is 2.35. The van der Waals surface area contributed by atoms with Crippen LogP contribution >= 0.6 is 0 Å². The van der Waals surface area contributed by atoms with Crippen molar-refractivity contribution in [3.8, 4) is 0 Å². The zero-order valence-electron chi connectivity index (χ0n) is 10.6. The summed E-state index contributed by atoms with van der Waals surface area (Å²) < 4.78 is 0.234. The van der Waals surface area contributed by atoms with Gasteiger partial charge in [-0.2, -0.15) is 0 Å². The van der Waals surface area contributed by atoms with Gasteiger partial charge in [0.2, 0.25) is 0 Å². The first-order valence-corrected chi connectivity index (χ1v) is 5.76. The second-order valence-corrected chi connectivity index (χ2v) is 4.50. The summed E-state index contributed by atoms with van der Waals surface area (Å²) in [6.07, 6.45) is 3.16. The van der Waals surface area contributed by atoms with Crippen LogP contribution < -0.4 is 0 Å². The molecule has 1 aromatic rings. The van der Waals surface area contributed by atoms with Gasteiger partial charge in [0.05, 0.1) is 0 Å². The Morgan fingerprint density at radius 2 is 2.00 bits per heavy atom. The molecule has 0 aliphatic heterocycles. The fourth-order valence-electron chi connectivity index (χ4n) is 1.64. The quantitative estimate of drug-likeness (QED) is 0.429. The van der Waals surface area contributed by atoms with Crippen molar-refractivity contribution in [1.29, 1.82) is 0 Å². The minimum Gasteiger partial charge on any atom is -0.272 e. The Hall–Kier alpha value is -1.61. The third kappa shape index (κ3) is 5.31. The summed E-state index contributed by atoms with van der Waals surface area (Å²) >= 11 is 0. The lowest BCUT2D eigenvalue weighted by atomic mass is 10.1. The molecule has 3 nitrogen and oxygen atoms in total. The molecule has 92 valence electrons. The SMILES string of the molecule is C=CC(=O)O[N+](C)(C)CCCc1ccccc1. The van der Waals surface area contributed by atoms with Gasteiger partial charge < -0.3 is 0 Å². The number of nitrogens with zero attached hydrogens (tertiary/aromatic N) is 1. The highest BCUT2D eigenvalue weighted by Gasteiger charge is 2.19. The highest BCUT2D eigenvalue weighted by molar-refractivity contribution is 5.80. The van der Waals surface area contributed by atoms with Crippen molar-refractivity contribution < 1.29 is 14.3 Å². The molecule has 0 bridgehead atoms. The van der Waals surface area contributed by atoms with Crippen molar-refractivity contribution in [3.05, 3.63) is 48.6 Å². The van der Waals surface area contributed by atoms with E-state index in [0.29, 0.717) is 0 Å². The van der Waals surface area contributed by atoms with Crippen LogP contribution in [-0.2, 0) is 16.1 Å². The number of hydrogen-bond acceptors (Lipinski definition) is 2. The molecule has 0 aliphatic rings. The van der Waals surface area contributed by atoms with Crippen LogP contribution in [0.1, 0.15) is 12.0 Å². The summed E-state index contributed by atoms with van der Waals surface area (Å²) in [5, 5.41) is 0. The van der Waals surface area contributed by atoms with E-state index in [2.05, 4.69) is 18.7 Å². The Kier molecular flexibility index (Phi) is 4.91. The lowest BCUT2D eigenvalue weighted by Crippen LogP contribution is -2.42. The maximum absolute atomic E-state index is 11.1. The Morgan fingerprint density at radius 1 is 1.35 bits per heavy atom. The molecule has 0 N–H and O–H groups in total. The van der Waals surface area contributed by atoms with Crippen molar-refractivity contribution in [1.82, 2.24) is 0 Å². The normalized spacial score (nSPS) is 10.9. The topological polar surface area (TPSA) is 26.3 Å². The van der Waals surface area contributed by atoms with Gasteiger partial charge in [-0.05, 0) is 12.0 Å². The van der Waals surface area contributed by atoms with Crippen LogP contribution in [0.4, 0.5) is 0 Å². The molecule has 1 rings (SSSR count). The molecule has 0 aliphatic carbocycles. The number of carbonyl (C=O) groups is 1. The fraction of sp³-hybridized carbons (Fsp3) is 0.357. The molecule has 0 atom stereocenters. The van der Waals surface area contributed by atoms with E-state index in [1.807, 2.05) is 32.3 Å². The van der Waals surface area contributed by atoms with Gasteiger partial charge in [0, 0.05) is 12.5 Å². The number of hydroxylamine groups is 3. The largest absolute Gasteiger partial charge is 0.389 e. The number of hydrogen-bond donors (Lipinski definition) is 0. The van der Waals surface area contributed by atoms with Gasteiger partial charge >= 0.3 is 5.97 Å². The lowest BCUT2D eigenvalue weighted by molar-refractivity contribution is -1.06. The van der Waals surface area contributed by atoms with Gasteiger partial charge in [0.1, 0.15) is 20.6 Å². The summed E-state index contributed by atoms with van der Waals surface area (Å²) in [7, 11) is 3.73. The fourth-order valence-corrected chi connectivity index (χ4v) is 1.64. The highest BCUT2D eigenvalue weighted by Crippen LogP contribution is 2.07. The van der Waals surface area contributed by atoms with Crippen LogP contribution in [0.2, 0.25) is 0 Å². The Morgan fingerprint density at radius 3 is 2.59 bits per heavy atom. The van der Waals surface area contributed by atoms with Gasteiger partial charge in [-0.25, -0.2) is 4.79 Å². The number of quaternary nitrogens is 1. The lowest BCUT2D eigenvalue weighted by Gasteiger charge is -2.25. The summed E-state index contributed by atoms with van der Waals surface area (Å²) in [5.74, 6) is -0.380. The van der Waals surface area contributed by atoms with E-state index in [1.54, 1.807) is 0 Å². The van der Waals surface area contributed by atoms with E-state index in [4.69, 9.17) is 4.84 Å². The first-order valence-electron chi connectivity index (χ1n) is 5.76. The van der Waals surface area contributed by atoms with E-state index in [0.717, 1.165) is 19.4 Å². The molecule has 0 heterocycles. The van der Waals surface area contributed by atoms with E-state index in [9.17, 15) is 4.79 Å². The molecule has 0 radical (unpaired) electrons. The van der Waals surface area contributed by atoms with Gasteiger partial charge in [0.25, 0.3) is 0 Å². The van der Waals surface area contributed by atoms with E-state index in [1.165, 1.54) is 11.6 Å². The van der Waals surface area contributed by atoms with Crippen LogP contribution in [0.5, 0.6) is 0 Å². The van der Waals surface area contributed by atoms with Gasteiger partial charge in [-0.15, -0.1) is 4.65 Å². The Bertz CT molecular complexity index is 371. The predicted molar refractivity (Wildman–Crippen MR) is 68.0 cm³/mol. The second kappa shape index (κ2) is 6.21. The van der Waals surface area contributed by atoms with Crippen LogP contribution in [-0.4, -0.2) is 31.3 Å². The van der Waals surface area contributed by atoms with Crippen molar-refractivity contribution in [2.75, 3.05) is 20.6 Å². The van der Waals surface area contributed by atoms with Crippen molar-refractivity contribution in [2.45, 2.75) is 12.8 Å². The summed E-state index contributed by atoms with van der Waals surface area (Å²) in [6, 6.07) is 10.3. The monoisotopic (exact) mass is 234 g/mol. The van der Waals surface area contributed by atoms with Crippen LogP contribution in [0.3, 0.4) is 0 Å². The van der Waals surface area contributed by atoms with Gasteiger partial charge in [-0.1, -0.05) is 36.9 Å². The average Bonchev–Trinajstić information content (AvgIpc) is 2.29. The van der Waals surface area contributed by atoms with E-state index < -0.39 is 0 Å². The zero-order valence-corrected chi connectivity index (χ0v) is 10.6. The van der Waals surface area contributed by atoms with Gasteiger partial charge in [0.15, 0.2) is 0 Å². The van der Waals surface area contributed by atoms with Crippen molar-refractivity contribution >= 4 is 5.97 Å². The highest BCUT2D eigenvalue weighted by atomic mass is 16.7. The van der Waals surface area contributed by atoms with Gasteiger partial charge in [-0.3, -0.25) is 4.84 Å². The predicted octanol–water partition coefficient (Wildman–Crippen LogP) is 2.34. The molecule has 0 aromatic heterocycles. The molecule has 0 amide bonds. The smallest absolute Gasteiger partial charge is 0.272 e. The molecule has 1 aromatic carbocycles. The minimum atomic E-state index is -0.380. The molecule has 0 unspecified atom stereocenters. The first kappa shape index (κ1) is 13.5. The Labute approximate surface area is 103 Å². The average molecular weight is 234 g/mol. The first-order chi connectivity index (χ1) is 8.03. The molecule has 0 saturated heterocycles. The third-order valence-corrected chi connectivity index (χ3v) is 2.51. The number of benzene rings is 1. The van der Waals surface area contributed by atoms with E-state index in [-0.39, 0.29) is 10.6 Å². The molecule has 0 fully saturated rings. The van der Waals surface area contributed by atoms with E-state index >= 15 is 0 Å². The maximum Gasteiger partial charge on any atom is 0.389 e. The summed E-state index contributed by atoms with van der Waals surface area (Å²) in [6.45, 7) is 4.17. The third-order valence-electron chi connectivity index (χ3n) is 2.51. The van der Waals surface area contributed by atoms with Crippen LogP contribution in [0.15, 0.2) is 43.0 Å². The van der Waals surface area contributed by atoms with Crippen molar-refractivity contribution in [3.63, 3.8) is 0 Å². The second-order valence-electron chi connectivity index (χ2n) is 4.50. The van der Waals surface area contributed by atoms with Crippen molar-refractivity contribution in [2.24, 2.45) is 0 Å². The molecule has 0 saturated carbocycles. The maximum atomic E-state index is 11.1. The standard InChI is InChI=1S/C14H20NO2/c1-4-14(16)17-15(2,3)12-8-11-13-9-6-5-7-10-13/h4-7,9-10H,1,8,11-12H2,2-3H3/q+1. The molecule has 3 heteroatoms. The number of carbonyl (C=O) groups excluding carboxylic acids is 1. The number of rotatable bonds is 6. The minimum absolute atomic E-state index is 0.234. The summed E-state index contributed by atoms with van der Waals surface area (Å²) in [5.41, 5.74) is 1.31. The number of aryl methyl sites for hydroxylation is 1. The molecular weight excluding hydrogens is 214 g/mol. The molecule has 17 heavy (non-hydrogen) atoms.